The summed E-state index contributed by atoms with van der Waals surface area (Å²) in [5.41, 5.74) is 2.59. The second kappa shape index (κ2) is 11.2. The number of ether oxygens (including phenoxy) is 2. The predicted octanol–water partition coefficient (Wildman–Crippen LogP) is 5.48. The van der Waals surface area contributed by atoms with E-state index in [-0.39, 0.29) is 10.7 Å². The van der Waals surface area contributed by atoms with E-state index in [1.807, 2.05) is 38.1 Å². The number of carboxylic acids is 1. The van der Waals surface area contributed by atoms with Gasteiger partial charge in [-0.15, -0.1) is 0 Å². The highest BCUT2D eigenvalue weighted by Crippen LogP contribution is 2.38. The summed E-state index contributed by atoms with van der Waals surface area (Å²) < 4.78 is 11.6. The number of carboxylic acid groups (broad SMARTS) is 1. The van der Waals surface area contributed by atoms with Crippen molar-refractivity contribution in [1.82, 2.24) is 5.32 Å². The van der Waals surface area contributed by atoms with E-state index in [9.17, 15) is 14.7 Å². The van der Waals surface area contributed by atoms with Gasteiger partial charge in [-0.1, -0.05) is 54.1 Å². The van der Waals surface area contributed by atoms with Crippen LogP contribution in [0.1, 0.15) is 34.0 Å². The first kappa shape index (κ1) is 23.9. The monoisotopic (exact) mass is 465 g/mol. The van der Waals surface area contributed by atoms with E-state index in [0.717, 1.165) is 11.1 Å². The van der Waals surface area contributed by atoms with Crippen LogP contribution in [0.15, 0.2) is 72.4 Å². The number of amides is 1. The van der Waals surface area contributed by atoms with Gasteiger partial charge in [0, 0.05) is 5.56 Å². The van der Waals surface area contributed by atoms with Crippen molar-refractivity contribution in [3.8, 4) is 11.5 Å². The molecule has 1 amide bonds. The average molecular weight is 466 g/mol. The molecule has 3 rings (SSSR count). The summed E-state index contributed by atoms with van der Waals surface area (Å²) in [6.45, 7) is 4.48. The van der Waals surface area contributed by atoms with Crippen LogP contribution in [0.3, 0.4) is 0 Å². The van der Waals surface area contributed by atoms with E-state index in [0.29, 0.717) is 35.8 Å². The van der Waals surface area contributed by atoms with E-state index in [2.05, 4.69) is 5.32 Å². The van der Waals surface area contributed by atoms with Gasteiger partial charge in [-0.3, -0.25) is 4.79 Å². The fourth-order valence-electron chi connectivity index (χ4n) is 3.10. The summed E-state index contributed by atoms with van der Waals surface area (Å²) in [6, 6.07) is 19.4. The van der Waals surface area contributed by atoms with Crippen LogP contribution in [0.25, 0.3) is 6.08 Å². The van der Waals surface area contributed by atoms with Crippen LogP contribution in [0, 0.1) is 6.92 Å². The number of carbonyl (C=O) groups excluding carboxylic acids is 1. The van der Waals surface area contributed by atoms with Gasteiger partial charge in [-0.2, -0.15) is 0 Å². The first-order valence-electron chi connectivity index (χ1n) is 10.3. The molecule has 0 radical (unpaired) electrons. The third kappa shape index (κ3) is 6.37. The molecule has 33 heavy (non-hydrogen) atoms. The molecule has 6 nitrogen and oxygen atoms in total. The highest BCUT2D eigenvalue weighted by molar-refractivity contribution is 6.32. The van der Waals surface area contributed by atoms with Gasteiger partial charge < -0.3 is 19.9 Å². The minimum Gasteiger partial charge on any atom is -0.490 e. The van der Waals surface area contributed by atoms with Gasteiger partial charge in [0.1, 0.15) is 12.3 Å². The largest absolute Gasteiger partial charge is 0.490 e. The Balaban J connectivity index is 1.88. The van der Waals surface area contributed by atoms with Gasteiger partial charge in [0.15, 0.2) is 11.5 Å². The van der Waals surface area contributed by atoms with Crippen LogP contribution in [-0.4, -0.2) is 23.6 Å². The third-order valence-corrected chi connectivity index (χ3v) is 5.07. The fraction of sp³-hybridized carbons (Fsp3) is 0.154. The summed E-state index contributed by atoms with van der Waals surface area (Å²) >= 11 is 6.47. The summed E-state index contributed by atoms with van der Waals surface area (Å²) in [5.74, 6) is -1.07. The number of hydrogen-bond acceptors (Lipinski definition) is 4. The van der Waals surface area contributed by atoms with Crippen molar-refractivity contribution < 1.29 is 24.2 Å². The molecule has 0 atom stereocenters. The van der Waals surface area contributed by atoms with Crippen molar-refractivity contribution >= 4 is 29.6 Å². The number of carbonyl (C=O) groups is 2. The highest BCUT2D eigenvalue weighted by Gasteiger charge is 2.16. The summed E-state index contributed by atoms with van der Waals surface area (Å²) in [7, 11) is 0. The normalized spacial score (nSPS) is 11.1. The van der Waals surface area contributed by atoms with Crippen molar-refractivity contribution in [2.75, 3.05) is 6.61 Å². The minimum absolute atomic E-state index is 0.264. The molecule has 0 spiro atoms. The maximum Gasteiger partial charge on any atom is 0.352 e. The molecule has 3 aromatic rings. The van der Waals surface area contributed by atoms with Crippen molar-refractivity contribution in [2.45, 2.75) is 20.5 Å². The Morgan fingerprint density at radius 2 is 1.73 bits per heavy atom. The lowest BCUT2D eigenvalue weighted by Gasteiger charge is -2.15. The maximum atomic E-state index is 12.4. The average Bonchev–Trinajstić information content (AvgIpc) is 2.80. The lowest BCUT2D eigenvalue weighted by molar-refractivity contribution is -0.132. The predicted molar refractivity (Wildman–Crippen MR) is 128 cm³/mol. The minimum atomic E-state index is -1.28. The Labute approximate surface area is 197 Å². The second-order valence-corrected chi connectivity index (χ2v) is 7.57. The molecule has 0 aliphatic carbocycles. The molecule has 2 N–H and O–H groups in total. The number of aliphatic carboxylic acids is 1. The Hall–Kier alpha value is -3.77. The zero-order valence-corrected chi connectivity index (χ0v) is 19.1. The number of benzene rings is 3. The Morgan fingerprint density at radius 1 is 1.03 bits per heavy atom. The Kier molecular flexibility index (Phi) is 8.11. The molecule has 0 heterocycles. The van der Waals surface area contributed by atoms with E-state index >= 15 is 0 Å². The van der Waals surface area contributed by atoms with E-state index < -0.39 is 11.9 Å². The van der Waals surface area contributed by atoms with Crippen LogP contribution in [0.5, 0.6) is 11.5 Å². The topological polar surface area (TPSA) is 84.9 Å². The molecule has 0 aromatic heterocycles. The fourth-order valence-corrected chi connectivity index (χ4v) is 3.37. The van der Waals surface area contributed by atoms with Crippen LogP contribution in [0.2, 0.25) is 5.02 Å². The van der Waals surface area contributed by atoms with Gasteiger partial charge in [-0.05, 0) is 60.9 Å². The van der Waals surface area contributed by atoms with Gasteiger partial charge in [0.25, 0.3) is 5.91 Å². The smallest absolute Gasteiger partial charge is 0.352 e. The van der Waals surface area contributed by atoms with Crippen LogP contribution < -0.4 is 14.8 Å². The molecular formula is C26H24ClNO5. The molecule has 0 unspecified atom stereocenters. The SMILES string of the molecule is CCOc1cc(C=C(NC(=O)c2ccccc2)C(=O)O)cc(Cl)c1OCc1ccccc1C. The van der Waals surface area contributed by atoms with Crippen molar-refractivity contribution in [2.24, 2.45) is 0 Å². The molecular weight excluding hydrogens is 442 g/mol. The molecule has 0 bridgehead atoms. The molecule has 3 aromatic carbocycles. The summed E-state index contributed by atoms with van der Waals surface area (Å²) in [6.07, 6.45) is 1.32. The number of hydrogen-bond donors (Lipinski definition) is 2. The zero-order chi connectivity index (χ0) is 23.8. The van der Waals surface area contributed by atoms with Gasteiger partial charge in [0.2, 0.25) is 0 Å². The molecule has 0 fully saturated rings. The first-order valence-corrected chi connectivity index (χ1v) is 10.7. The lowest BCUT2D eigenvalue weighted by Crippen LogP contribution is -2.27. The van der Waals surface area contributed by atoms with Gasteiger partial charge in [-0.25, -0.2) is 4.79 Å². The molecule has 0 saturated heterocycles. The van der Waals surface area contributed by atoms with Crippen LogP contribution in [0.4, 0.5) is 0 Å². The van der Waals surface area contributed by atoms with Gasteiger partial charge in [0.05, 0.1) is 11.6 Å². The van der Waals surface area contributed by atoms with Crippen molar-refractivity contribution in [1.29, 1.82) is 0 Å². The standard InChI is InChI=1S/C26H24ClNO5/c1-3-32-23-15-18(13-21(27)24(23)33-16-20-12-8-7-9-17(20)2)14-22(26(30)31)28-25(29)19-10-5-4-6-11-19/h4-15H,3,16H2,1-2H3,(H,28,29)(H,30,31). The molecule has 0 saturated carbocycles. The number of aryl methyl sites for hydroxylation is 1. The molecule has 0 aliphatic heterocycles. The molecule has 170 valence electrons. The number of nitrogens with one attached hydrogen (secondary N) is 1. The molecule has 0 aliphatic rings. The highest BCUT2D eigenvalue weighted by atomic mass is 35.5. The van der Waals surface area contributed by atoms with Crippen LogP contribution in [-0.2, 0) is 11.4 Å². The summed E-state index contributed by atoms with van der Waals surface area (Å²) in [5, 5.41) is 12.3. The third-order valence-electron chi connectivity index (χ3n) is 4.79. The molecule has 7 heteroatoms. The quantitative estimate of drug-likeness (QED) is 0.408. The van der Waals surface area contributed by atoms with Crippen molar-refractivity contribution in [3.05, 3.63) is 99.7 Å². The van der Waals surface area contributed by atoms with E-state index in [1.54, 1.807) is 42.5 Å². The summed E-state index contributed by atoms with van der Waals surface area (Å²) in [4.78, 5) is 24.2. The second-order valence-electron chi connectivity index (χ2n) is 7.16. The Morgan fingerprint density at radius 3 is 2.39 bits per heavy atom. The van der Waals surface area contributed by atoms with E-state index in [1.165, 1.54) is 6.08 Å². The van der Waals surface area contributed by atoms with E-state index in [4.69, 9.17) is 21.1 Å². The van der Waals surface area contributed by atoms with Crippen molar-refractivity contribution in [3.63, 3.8) is 0 Å². The maximum absolute atomic E-state index is 12.4. The Bertz CT molecular complexity index is 1170. The zero-order valence-electron chi connectivity index (χ0n) is 18.3. The lowest BCUT2D eigenvalue weighted by atomic mass is 10.1. The number of halogens is 1. The first-order chi connectivity index (χ1) is 15.9. The van der Waals surface area contributed by atoms with Crippen LogP contribution >= 0.6 is 11.6 Å². The number of rotatable bonds is 9. The van der Waals surface area contributed by atoms with Gasteiger partial charge >= 0.3 is 5.97 Å².